The van der Waals surface area contributed by atoms with E-state index in [9.17, 15) is 45.3 Å². The van der Waals surface area contributed by atoms with E-state index in [1.165, 1.54) is 0 Å². The number of nitrogens with zero attached hydrogens (tertiary/aromatic N) is 6. The van der Waals surface area contributed by atoms with Crippen LogP contribution in [0, 0.1) is 40.5 Å². The highest BCUT2D eigenvalue weighted by Crippen LogP contribution is 2.38. The molecule has 0 bridgehead atoms. The highest BCUT2D eigenvalue weighted by molar-refractivity contribution is 5.83. The Labute approximate surface area is 115 Å². The summed E-state index contributed by atoms with van der Waals surface area (Å²) < 4.78 is 0. The van der Waals surface area contributed by atoms with Crippen LogP contribution in [0.1, 0.15) is 0 Å². The van der Waals surface area contributed by atoms with Gasteiger partial charge in [-0.2, -0.15) is 9.98 Å². The minimum atomic E-state index is -1.74. The molecule has 0 N–H and O–H groups in total. The molecule has 112 valence electrons. The monoisotopic (exact) mass is 312 g/mol. The first-order valence-electron chi connectivity index (χ1n) is 4.95. The summed E-state index contributed by atoms with van der Waals surface area (Å²) in [5.41, 5.74) is -6.50. The Balaban J connectivity index is 3.27. The Hall–Kier alpha value is -3.91. The first-order chi connectivity index (χ1) is 10.2. The Morgan fingerprint density at radius 1 is 0.591 bits per heavy atom. The van der Waals surface area contributed by atoms with Crippen LogP contribution >= 0.6 is 0 Å². The number of rotatable bonds is 4. The third-order valence-corrected chi connectivity index (χ3v) is 2.49. The molecule has 1 aliphatic rings. The van der Waals surface area contributed by atoms with Crippen LogP contribution in [-0.4, -0.2) is 25.7 Å². The molecular formula is C7N6O9. The van der Waals surface area contributed by atoms with Crippen LogP contribution in [0.4, 0.5) is 27.5 Å². The minimum Gasteiger partial charge on any atom is -0.258 e. The smallest absolute Gasteiger partial charge is 0.258 e. The van der Waals surface area contributed by atoms with Gasteiger partial charge in [0.15, 0.2) is 10.7 Å². The van der Waals surface area contributed by atoms with Gasteiger partial charge < -0.3 is 0 Å². The molecule has 15 heteroatoms. The summed E-state index contributed by atoms with van der Waals surface area (Å²) in [6.45, 7) is 0. The predicted molar refractivity (Wildman–Crippen MR) is 60.8 cm³/mol. The molecule has 0 spiro atoms. The van der Waals surface area contributed by atoms with Crippen molar-refractivity contribution in [1.29, 1.82) is 0 Å². The molecule has 1 aromatic carbocycles. The van der Waals surface area contributed by atoms with E-state index in [1.807, 2.05) is 0 Å². The van der Waals surface area contributed by atoms with Gasteiger partial charge in [0, 0.05) is 0 Å². The highest BCUT2D eigenvalue weighted by Gasteiger charge is 2.48. The summed E-state index contributed by atoms with van der Waals surface area (Å²) in [7, 11) is 0. The van der Waals surface area contributed by atoms with Crippen LogP contribution in [-0.2, 0) is 0 Å². The number of hydrogen-bond acceptors (Lipinski definition) is 9. The van der Waals surface area contributed by atoms with Crippen molar-refractivity contribution in [2.75, 3.05) is 0 Å². The van der Waals surface area contributed by atoms with E-state index in [0.717, 1.165) is 0 Å². The summed E-state index contributed by atoms with van der Waals surface area (Å²) in [6.07, 6.45) is 0. The summed E-state index contributed by atoms with van der Waals surface area (Å²) in [4.78, 5) is 54.9. The Bertz CT molecular complexity index is 845. The number of nitro benzene ring substituents is 4. The van der Waals surface area contributed by atoms with E-state index in [2.05, 4.69) is 9.98 Å². The van der Waals surface area contributed by atoms with Crippen molar-refractivity contribution < 1.29 is 24.5 Å². The number of nitro groups is 4. The molecule has 1 aromatic rings. The molecule has 0 saturated carbocycles. The fraction of sp³-hybridized carbons (Fsp3) is 0. The quantitative estimate of drug-likeness (QED) is 0.525. The number of benzene rings is 1. The maximum Gasteiger partial charge on any atom is 0.432 e. The highest BCUT2D eigenvalue weighted by atomic mass is 16.7. The van der Waals surface area contributed by atoms with Crippen LogP contribution in [0.3, 0.4) is 0 Å². The molecule has 1 heterocycles. The molecule has 22 heavy (non-hydrogen) atoms. The van der Waals surface area contributed by atoms with Gasteiger partial charge in [0.1, 0.15) is 0 Å². The van der Waals surface area contributed by atoms with E-state index in [-0.39, 0.29) is 0 Å². The number of amides is 2. The van der Waals surface area contributed by atoms with Crippen molar-refractivity contribution in [3.8, 4) is 0 Å². The van der Waals surface area contributed by atoms with Crippen LogP contribution in [0.5, 0.6) is 0 Å². The fourth-order valence-corrected chi connectivity index (χ4v) is 1.79. The van der Waals surface area contributed by atoms with E-state index < -0.39 is 59.2 Å². The molecule has 0 aromatic heterocycles. The lowest BCUT2D eigenvalue weighted by Crippen LogP contribution is -2.30. The number of urea groups is 1. The minimum absolute atomic E-state index is 1.06. The lowest BCUT2D eigenvalue weighted by atomic mass is 10.1. The second kappa shape index (κ2) is 4.58. The SMILES string of the molecule is O=C1N=c2c([N+](=O)[O-])c([N+](=O)[O-])c([N+](=O)[O-])c([N+](=O)[O-])c2=N1. The molecule has 1 aliphatic heterocycles. The largest absolute Gasteiger partial charge is 0.432 e. The molecule has 2 rings (SSSR count). The van der Waals surface area contributed by atoms with Crippen LogP contribution in [0.15, 0.2) is 9.98 Å². The average Bonchev–Trinajstić information content (AvgIpc) is 2.74. The third kappa shape index (κ3) is 1.88. The first-order valence-corrected chi connectivity index (χ1v) is 4.95. The average molecular weight is 312 g/mol. The standard InChI is InChI=1S/C7N6O9/c14-7-8-1-2(9-7)4(11(17)18)6(13(21)22)5(12(19)20)3(1)10(15)16. The number of hydrogen-bond donors (Lipinski definition) is 0. The van der Waals surface area contributed by atoms with E-state index in [0.29, 0.717) is 0 Å². The molecule has 0 radical (unpaired) electrons. The zero-order valence-corrected chi connectivity index (χ0v) is 9.86. The maximum atomic E-state index is 11.1. The van der Waals surface area contributed by atoms with Gasteiger partial charge in [-0.05, 0) is 0 Å². The van der Waals surface area contributed by atoms with Gasteiger partial charge in [0.05, 0.1) is 19.7 Å². The van der Waals surface area contributed by atoms with Crippen molar-refractivity contribution in [1.82, 2.24) is 0 Å². The second-order valence-corrected chi connectivity index (χ2v) is 3.63. The zero-order valence-electron chi connectivity index (χ0n) is 9.86. The normalized spacial score (nSPS) is 12.1. The topological polar surface area (TPSA) is 214 Å². The third-order valence-electron chi connectivity index (χ3n) is 2.49. The van der Waals surface area contributed by atoms with Gasteiger partial charge in [-0.25, -0.2) is 4.79 Å². The van der Waals surface area contributed by atoms with Gasteiger partial charge in [0.25, 0.3) is 0 Å². The van der Waals surface area contributed by atoms with Gasteiger partial charge in [-0.15, -0.1) is 0 Å². The summed E-state index contributed by atoms with van der Waals surface area (Å²) in [6, 6.07) is -1.41. The fourth-order valence-electron chi connectivity index (χ4n) is 1.79. The van der Waals surface area contributed by atoms with Crippen molar-refractivity contribution >= 4 is 28.8 Å². The van der Waals surface area contributed by atoms with E-state index >= 15 is 0 Å². The molecule has 0 aliphatic carbocycles. The van der Waals surface area contributed by atoms with Crippen molar-refractivity contribution in [2.45, 2.75) is 0 Å². The van der Waals surface area contributed by atoms with Gasteiger partial charge in [-0.3, -0.25) is 40.5 Å². The first kappa shape index (κ1) is 14.5. The molecule has 2 amide bonds. The van der Waals surface area contributed by atoms with Gasteiger partial charge in [0.2, 0.25) is 0 Å². The Kier molecular flexibility index (Phi) is 3.02. The van der Waals surface area contributed by atoms with Crippen molar-refractivity contribution in [2.24, 2.45) is 9.98 Å². The van der Waals surface area contributed by atoms with Crippen molar-refractivity contribution in [3.63, 3.8) is 0 Å². The molecular weight excluding hydrogens is 312 g/mol. The van der Waals surface area contributed by atoms with Crippen LogP contribution in [0.25, 0.3) is 0 Å². The Morgan fingerprint density at radius 2 is 0.864 bits per heavy atom. The van der Waals surface area contributed by atoms with E-state index in [1.54, 1.807) is 0 Å². The molecule has 0 unspecified atom stereocenters. The second-order valence-electron chi connectivity index (χ2n) is 3.63. The number of carbonyl (C=O) groups excluding carboxylic acids is 1. The lowest BCUT2D eigenvalue weighted by molar-refractivity contribution is -0.452. The lowest BCUT2D eigenvalue weighted by Gasteiger charge is -1.98. The van der Waals surface area contributed by atoms with Crippen molar-refractivity contribution in [3.05, 3.63) is 51.2 Å². The molecule has 0 saturated heterocycles. The van der Waals surface area contributed by atoms with E-state index in [4.69, 9.17) is 0 Å². The van der Waals surface area contributed by atoms with Crippen LogP contribution < -0.4 is 10.7 Å². The summed E-state index contributed by atoms with van der Waals surface area (Å²) in [5.74, 6) is 0. The Morgan fingerprint density at radius 3 is 1.09 bits per heavy atom. The molecule has 0 fully saturated rings. The maximum absolute atomic E-state index is 11.1. The molecule has 15 nitrogen and oxygen atoms in total. The number of fused-ring (bicyclic) bond motifs is 1. The summed E-state index contributed by atoms with van der Waals surface area (Å²) in [5, 5.41) is 41.6. The van der Waals surface area contributed by atoms with Crippen LogP contribution in [0.2, 0.25) is 0 Å². The zero-order chi connectivity index (χ0) is 16.8. The predicted octanol–water partition coefficient (Wildman–Crippen LogP) is -0.308. The van der Waals surface area contributed by atoms with Gasteiger partial charge >= 0.3 is 28.8 Å². The molecule has 0 atom stereocenters. The summed E-state index contributed by atoms with van der Waals surface area (Å²) >= 11 is 0. The number of carbonyl (C=O) groups is 1. The van der Waals surface area contributed by atoms with Gasteiger partial charge in [-0.1, -0.05) is 0 Å².